The summed E-state index contributed by atoms with van der Waals surface area (Å²) in [4.78, 5) is 4.21. The van der Waals surface area contributed by atoms with Crippen molar-refractivity contribution in [3.05, 3.63) is 24.0 Å². The first-order valence-electron chi connectivity index (χ1n) is 5.37. The molecule has 0 saturated carbocycles. The maximum absolute atomic E-state index is 9.28. The minimum atomic E-state index is -0.0533. The minimum Gasteiger partial charge on any atom is -0.396 e. The standard InChI is InChI=1S/C12H20N2O/c1-4-12(3,9-15)8-14-11-6-5-7-13-10(11)2/h5-7,14-15H,4,8-9H2,1-3H3. The highest BCUT2D eigenvalue weighted by Crippen LogP contribution is 2.21. The molecule has 0 aliphatic heterocycles. The first-order valence-corrected chi connectivity index (χ1v) is 5.37. The number of anilines is 1. The van der Waals surface area contributed by atoms with Gasteiger partial charge in [0.2, 0.25) is 0 Å². The number of pyridine rings is 1. The number of nitrogens with zero attached hydrogens (tertiary/aromatic N) is 1. The molecule has 0 aliphatic rings. The van der Waals surface area contributed by atoms with Gasteiger partial charge in [0.1, 0.15) is 0 Å². The molecule has 3 heteroatoms. The quantitative estimate of drug-likeness (QED) is 0.779. The second-order valence-corrected chi connectivity index (χ2v) is 4.31. The predicted molar refractivity (Wildman–Crippen MR) is 62.9 cm³/mol. The molecule has 0 radical (unpaired) electrons. The van der Waals surface area contributed by atoms with Gasteiger partial charge in [0, 0.05) is 18.2 Å². The van der Waals surface area contributed by atoms with Gasteiger partial charge in [0.15, 0.2) is 0 Å². The van der Waals surface area contributed by atoms with Gasteiger partial charge in [-0.15, -0.1) is 0 Å². The van der Waals surface area contributed by atoms with Gasteiger partial charge in [-0.25, -0.2) is 0 Å². The highest BCUT2D eigenvalue weighted by atomic mass is 16.3. The van der Waals surface area contributed by atoms with Crippen LogP contribution in [0, 0.1) is 12.3 Å². The fourth-order valence-electron chi connectivity index (χ4n) is 1.27. The summed E-state index contributed by atoms with van der Waals surface area (Å²) in [5.41, 5.74) is 1.99. The van der Waals surface area contributed by atoms with Gasteiger partial charge in [-0.1, -0.05) is 13.8 Å². The van der Waals surface area contributed by atoms with Crippen LogP contribution in [0.4, 0.5) is 5.69 Å². The number of aromatic nitrogens is 1. The molecule has 0 amide bonds. The molecule has 1 atom stereocenters. The second-order valence-electron chi connectivity index (χ2n) is 4.31. The molecule has 2 N–H and O–H groups in total. The number of hydrogen-bond acceptors (Lipinski definition) is 3. The molecule has 1 aromatic heterocycles. The fraction of sp³-hybridized carbons (Fsp3) is 0.583. The summed E-state index contributed by atoms with van der Waals surface area (Å²) in [7, 11) is 0. The van der Waals surface area contributed by atoms with E-state index in [1.54, 1.807) is 6.20 Å². The van der Waals surface area contributed by atoms with Crippen LogP contribution in [-0.4, -0.2) is 23.2 Å². The molecular weight excluding hydrogens is 188 g/mol. The van der Waals surface area contributed by atoms with Gasteiger partial charge < -0.3 is 10.4 Å². The Morgan fingerprint density at radius 3 is 2.80 bits per heavy atom. The summed E-state index contributed by atoms with van der Waals surface area (Å²) in [5.74, 6) is 0. The van der Waals surface area contributed by atoms with Crippen LogP contribution in [0.5, 0.6) is 0 Å². The molecule has 1 heterocycles. The number of aryl methyl sites for hydroxylation is 1. The lowest BCUT2D eigenvalue weighted by Gasteiger charge is -2.26. The van der Waals surface area contributed by atoms with E-state index < -0.39 is 0 Å². The number of aliphatic hydroxyl groups is 1. The van der Waals surface area contributed by atoms with Crippen molar-refractivity contribution in [2.45, 2.75) is 27.2 Å². The van der Waals surface area contributed by atoms with E-state index in [2.05, 4.69) is 24.1 Å². The maximum Gasteiger partial charge on any atom is 0.0603 e. The van der Waals surface area contributed by atoms with E-state index in [1.807, 2.05) is 19.1 Å². The van der Waals surface area contributed by atoms with E-state index >= 15 is 0 Å². The average molecular weight is 208 g/mol. The molecule has 0 aliphatic carbocycles. The summed E-state index contributed by atoms with van der Waals surface area (Å²) in [6, 6.07) is 3.92. The van der Waals surface area contributed by atoms with Crippen LogP contribution in [0.1, 0.15) is 26.0 Å². The van der Waals surface area contributed by atoms with Gasteiger partial charge in [-0.05, 0) is 25.5 Å². The van der Waals surface area contributed by atoms with Crippen LogP contribution >= 0.6 is 0 Å². The predicted octanol–water partition coefficient (Wildman–Crippen LogP) is 2.21. The van der Waals surface area contributed by atoms with Crippen molar-refractivity contribution < 1.29 is 5.11 Å². The van der Waals surface area contributed by atoms with Crippen LogP contribution in [0.2, 0.25) is 0 Å². The Balaban J connectivity index is 2.61. The third-order valence-corrected chi connectivity index (χ3v) is 2.95. The number of aliphatic hydroxyl groups excluding tert-OH is 1. The van der Waals surface area contributed by atoms with E-state index in [1.165, 1.54) is 0 Å². The first kappa shape index (κ1) is 12.0. The lowest BCUT2D eigenvalue weighted by atomic mass is 9.88. The molecule has 0 saturated heterocycles. The second kappa shape index (κ2) is 5.12. The Bertz CT molecular complexity index is 308. The van der Waals surface area contributed by atoms with Crippen LogP contribution in [0.3, 0.4) is 0 Å². The number of rotatable bonds is 5. The Morgan fingerprint density at radius 2 is 2.27 bits per heavy atom. The maximum atomic E-state index is 9.28. The summed E-state index contributed by atoms with van der Waals surface area (Å²) < 4.78 is 0. The number of nitrogens with one attached hydrogen (secondary N) is 1. The molecular formula is C12H20N2O. The zero-order valence-corrected chi connectivity index (χ0v) is 9.75. The molecule has 1 rings (SSSR count). The molecule has 0 fully saturated rings. The summed E-state index contributed by atoms with van der Waals surface area (Å²) in [6.45, 7) is 7.12. The molecule has 0 bridgehead atoms. The zero-order chi connectivity index (χ0) is 11.3. The Kier molecular flexibility index (Phi) is 4.09. The van der Waals surface area contributed by atoms with Gasteiger partial charge in [-0.3, -0.25) is 4.98 Å². The first-order chi connectivity index (χ1) is 7.11. The van der Waals surface area contributed by atoms with Crippen molar-refractivity contribution >= 4 is 5.69 Å². The SMILES string of the molecule is CCC(C)(CO)CNc1cccnc1C. The molecule has 1 unspecified atom stereocenters. The number of hydrogen-bond donors (Lipinski definition) is 2. The topological polar surface area (TPSA) is 45.1 Å². The van der Waals surface area contributed by atoms with Crippen molar-refractivity contribution in [3.8, 4) is 0 Å². The Labute approximate surface area is 91.5 Å². The van der Waals surface area contributed by atoms with E-state index in [4.69, 9.17) is 0 Å². The Morgan fingerprint density at radius 1 is 1.53 bits per heavy atom. The third-order valence-electron chi connectivity index (χ3n) is 2.95. The normalized spacial score (nSPS) is 14.7. The van der Waals surface area contributed by atoms with Crippen molar-refractivity contribution in [3.63, 3.8) is 0 Å². The van der Waals surface area contributed by atoms with E-state index in [9.17, 15) is 5.11 Å². The minimum absolute atomic E-state index is 0.0533. The Hall–Kier alpha value is -1.09. The average Bonchev–Trinajstić information content (AvgIpc) is 2.28. The largest absolute Gasteiger partial charge is 0.396 e. The summed E-state index contributed by atoms with van der Waals surface area (Å²) in [6.07, 6.45) is 2.74. The van der Waals surface area contributed by atoms with Crippen molar-refractivity contribution in [1.29, 1.82) is 0 Å². The van der Waals surface area contributed by atoms with Crippen molar-refractivity contribution in [2.75, 3.05) is 18.5 Å². The van der Waals surface area contributed by atoms with Crippen molar-refractivity contribution in [2.24, 2.45) is 5.41 Å². The van der Waals surface area contributed by atoms with Crippen LogP contribution in [0.15, 0.2) is 18.3 Å². The van der Waals surface area contributed by atoms with Gasteiger partial charge in [0.05, 0.1) is 18.0 Å². The van der Waals surface area contributed by atoms with Crippen LogP contribution in [-0.2, 0) is 0 Å². The molecule has 3 nitrogen and oxygen atoms in total. The monoisotopic (exact) mass is 208 g/mol. The van der Waals surface area contributed by atoms with E-state index in [-0.39, 0.29) is 12.0 Å². The smallest absolute Gasteiger partial charge is 0.0603 e. The molecule has 15 heavy (non-hydrogen) atoms. The van der Waals surface area contributed by atoms with Crippen molar-refractivity contribution in [1.82, 2.24) is 4.98 Å². The summed E-state index contributed by atoms with van der Waals surface area (Å²) >= 11 is 0. The highest BCUT2D eigenvalue weighted by molar-refractivity contribution is 5.46. The van der Waals surface area contributed by atoms with Crippen LogP contribution < -0.4 is 5.32 Å². The molecule has 0 spiro atoms. The molecule has 84 valence electrons. The van der Waals surface area contributed by atoms with Gasteiger partial charge >= 0.3 is 0 Å². The van der Waals surface area contributed by atoms with Gasteiger partial charge in [0.25, 0.3) is 0 Å². The van der Waals surface area contributed by atoms with E-state index in [0.717, 1.165) is 24.3 Å². The molecule has 1 aromatic rings. The molecule has 0 aromatic carbocycles. The lowest BCUT2D eigenvalue weighted by Crippen LogP contribution is -2.29. The lowest BCUT2D eigenvalue weighted by molar-refractivity contribution is 0.149. The van der Waals surface area contributed by atoms with Gasteiger partial charge in [-0.2, -0.15) is 0 Å². The van der Waals surface area contributed by atoms with Crippen LogP contribution in [0.25, 0.3) is 0 Å². The zero-order valence-electron chi connectivity index (χ0n) is 9.75. The fourth-order valence-corrected chi connectivity index (χ4v) is 1.27. The summed E-state index contributed by atoms with van der Waals surface area (Å²) in [5, 5.41) is 12.6. The third kappa shape index (κ3) is 3.20. The van der Waals surface area contributed by atoms with E-state index in [0.29, 0.717) is 0 Å². The highest BCUT2D eigenvalue weighted by Gasteiger charge is 2.20.